The van der Waals surface area contributed by atoms with E-state index >= 15 is 0 Å². The predicted octanol–water partition coefficient (Wildman–Crippen LogP) is 7.69. The van der Waals surface area contributed by atoms with Gasteiger partial charge in [-0.1, -0.05) is 121 Å². The minimum Gasteiger partial charge on any atom is -0.379 e. The normalized spacial score (nSPS) is 12.8. The minimum absolute atomic E-state index is 0.0489. The lowest BCUT2D eigenvalue weighted by Crippen LogP contribution is -2.26. The Morgan fingerprint density at radius 2 is 1.15 bits per heavy atom. The average molecular weight is 499 g/mol. The summed E-state index contributed by atoms with van der Waals surface area (Å²) in [6.45, 7) is 3.23. The number of rotatable bonds is 24. The van der Waals surface area contributed by atoms with E-state index in [0.29, 0.717) is 13.2 Å². The third-order valence-electron chi connectivity index (χ3n) is 6.22. The first-order chi connectivity index (χ1) is 16.6. The molecular formula is C28H50O5S. The van der Waals surface area contributed by atoms with Gasteiger partial charge in [-0.2, -0.15) is 8.42 Å². The molecule has 0 amide bonds. The zero-order chi connectivity index (χ0) is 24.7. The van der Waals surface area contributed by atoms with E-state index in [-0.39, 0.29) is 11.5 Å². The molecule has 0 saturated heterocycles. The zero-order valence-electron chi connectivity index (χ0n) is 21.8. The number of methoxy groups -OCH3 is 1. The van der Waals surface area contributed by atoms with Crippen molar-refractivity contribution in [3.63, 3.8) is 0 Å². The fraction of sp³-hybridized carbons (Fsp3) is 0.786. The molecule has 0 bridgehead atoms. The maximum Gasteiger partial charge on any atom is 0.297 e. The van der Waals surface area contributed by atoms with Crippen molar-refractivity contribution >= 4 is 10.1 Å². The van der Waals surface area contributed by atoms with Crippen LogP contribution in [0, 0.1) is 0 Å². The predicted molar refractivity (Wildman–Crippen MR) is 141 cm³/mol. The van der Waals surface area contributed by atoms with Crippen LogP contribution < -0.4 is 0 Å². The standard InChI is InChI=1S/C28H50O5S/c1-3-4-5-6-7-8-9-10-11-12-13-14-15-16-17-21-24-32-25-27(31-2)26-33-34(29,30)28-22-19-18-20-23-28/h18-20,22-23,27H,3-17,21,24-26H2,1-2H3. The van der Waals surface area contributed by atoms with Crippen molar-refractivity contribution in [2.45, 2.75) is 121 Å². The molecular weight excluding hydrogens is 448 g/mol. The van der Waals surface area contributed by atoms with Crippen LogP contribution in [-0.2, 0) is 23.8 Å². The number of unbranched alkanes of at least 4 members (excludes halogenated alkanes) is 15. The molecule has 1 atom stereocenters. The molecule has 0 heterocycles. The maximum atomic E-state index is 12.2. The van der Waals surface area contributed by atoms with E-state index in [9.17, 15) is 8.42 Å². The van der Waals surface area contributed by atoms with Crippen LogP contribution in [-0.4, -0.2) is 41.5 Å². The van der Waals surface area contributed by atoms with Gasteiger partial charge in [-0.3, -0.25) is 4.18 Å². The molecule has 6 heteroatoms. The van der Waals surface area contributed by atoms with E-state index in [4.69, 9.17) is 13.7 Å². The first kappa shape index (κ1) is 31.1. The van der Waals surface area contributed by atoms with Gasteiger partial charge in [0.25, 0.3) is 10.1 Å². The highest BCUT2D eigenvalue weighted by Gasteiger charge is 2.18. The molecule has 0 spiro atoms. The van der Waals surface area contributed by atoms with Gasteiger partial charge < -0.3 is 9.47 Å². The summed E-state index contributed by atoms with van der Waals surface area (Å²) in [5, 5.41) is 0. The van der Waals surface area contributed by atoms with Crippen molar-refractivity contribution in [3.05, 3.63) is 30.3 Å². The highest BCUT2D eigenvalue weighted by atomic mass is 32.2. The molecule has 0 aliphatic heterocycles. The average Bonchev–Trinajstić information content (AvgIpc) is 2.85. The first-order valence-electron chi connectivity index (χ1n) is 13.6. The molecule has 34 heavy (non-hydrogen) atoms. The summed E-state index contributed by atoms with van der Waals surface area (Å²) in [6.07, 6.45) is 21.2. The van der Waals surface area contributed by atoms with Crippen molar-refractivity contribution in [3.8, 4) is 0 Å². The molecule has 1 aromatic rings. The first-order valence-corrected chi connectivity index (χ1v) is 15.1. The van der Waals surface area contributed by atoms with Crippen LogP contribution in [0.2, 0.25) is 0 Å². The fourth-order valence-electron chi connectivity index (χ4n) is 3.97. The third kappa shape index (κ3) is 16.6. The smallest absolute Gasteiger partial charge is 0.297 e. The van der Waals surface area contributed by atoms with Crippen molar-refractivity contribution in [1.29, 1.82) is 0 Å². The van der Waals surface area contributed by atoms with E-state index in [1.54, 1.807) is 25.3 Å². The van der Waals surface area contributed by atoms with Crippen LogP contribution >= 0.6 is 0 Å². The molecule has 0 saturated carbocycles. The van der Waals surface area contributed by atoms with Gasteiger partial charge in [-0.25, -0.2) is 0 Å². The quantitative estimate of drug-likeness (QED) is 0.108. The van der Waals surface area contributed by atoms with Gasteiger partial charge in [0.05, 0.1) is 18.1 Å². The highest BCUT2D eigenvalue weighted by Crippen LogP contribution is 2.14. The van der Waals surface area contributed by atoms with E-state index < -0.39 is 16.2 Å². The summed E-state index contributed by atoms with van der Waals surface area (Å²) >= 11 is 0. The molecule has 1 aromatic carbocycles. The summed E-state index contributed by atoms with van der Waals surface area (Å²) in [5.41, 5.74) is 0. The molecule has 0 aromatic heterocycles. The summed E-state index contributed by atoms with van der Waals surface area (Å²) in [6, 6.07) is 8.15. The minimum atomic E-state index is -3.76. The monoisotopic (exact) mass is 498 g/mol. The van der Waals surface area contributed by atoms with Gasteiger partial charge in [0.15, 0.2) is 0 Å². The summed E-state index contributed by atoms with van der Waals surface area (Å²) < 4.78 is 40.5. The largest absolute Gasteiger partial charge is 0.379 e. The molecule has 198 valence electrons. The van der Waals surface area contributed by atoms with Crippen molar-refractivity contribution in [1.82, 2.24) is 0 Å². The molecule has 0 N–H and O–H groups in total. The lowest BCUT2D eigenvalue weighted by molar-refractivity contribution is -0.0140. The number of hydrogen-bond acceptors (Lipinski definition) is 5. The van der Waals surface area contributed by atoms with E-state index in [1.807, 2.05) is 0 Å². The van der Waals surface area contributed by atoms with Gasteiger partial charge in [0.2, 0.25) is 0 Å². The number of benzene rings is 1. The highest BCUT2D eigenvalue weighted by molar-refractivity contribution is 7.86. The van der Waals surface area contributed by atoms with E-state index in [2.05, 4.69) is 6.92 Å². The Morgan fingerprint density at radius 3 is 1.62 bits per heavy atom. The van der Waals surface area contributed by atoms with Crippen LogP contribution in [0.15, 0.2) is 35.2 Å². The molecule has 0 fully saturated rings. The van der Waals surface area contributed by atoms with Crippen LogP contribution in [0.4, 0.5) is 0 Å². The SMILES string of the molecule is CCCCCCCCCCCCCCCCCCOCC(COS(=O)(=O)c1ccccc1)OC. The Morgan fingerprint density at radius 1 is 0.676 bits per heavy atom. The summed E-state index contributed by atoms with van der Waals surface area (Å²) in [7, 11) is -2.22. The van der Waals surface area contributed by atoms with Crippen molar-refractivity contribution in [2.75, 3.05) is 26.9 Å². The second-order valence-electron chi connectivity index (χ2n) is 9.29. The molecule has 0 radical (unpaired) electrons. The lowest BCUT2D eigenvalue weighted by atomic mass is 10.0. The van der Waals surface area contributed by atoms with Crippen LogP contribution in [0.25, 0.3) is 0 Å². The topological polar surface area (TPSA) is 61.8 Å². The Hall–Kier alpha value is -0.950. The molecule has 1 rings (SSSR count). The summed E-state index contributed by atoms with van der Waals surface area (Å²) in [4.78, 5) is 0.152. The Bertz CT molecular complexity index is 663. The van der Waals surface area contributed by atoms with E-state index in [0.717, 1.165) is 6.42 Å². The maximum absolute atomic E-state index is 12.2. The van der Waals surface area contributed by atoms with Crippen molar-refractivity contribution < 1.29 is 22.1 Å². The van der Waals surface area contributed by atoms with Gasteiger partial charge in [0.1, 0.15) is 6.10 Å². The second kappa shape index (κ2) is 21.3. The van der Waals surface area contributed by atoms with Gasteiger partial charge in [0, 0.05) is 13.7 Å². The van der Waals surface area contributed by atoms with Crippen LogP contribution in [0.5, 0.6) is 0 Å². The third-order valence-corrected chi connectivity index (χ3v) is 7.52. The molecule has 0 aliphatic carbocycles. The summed E-state index contributed by atoms with van der Waals surface area (Å²) in [5.74, 6) is 0. The molecule has 0 aliphatic rings. The van der Waals surface area contributed by atoms with Gasteiger partial charge in [-0.05, 0) is 18.6 Å². The lowest BCUT2D eigenvalue weighted by Gasteiger charge is -2.15. The van der Waals surface area contributed by atoms with Crippen LogP contribution in [0.3, 0.4) is 0 Å². The Balaban J connectivity index is 1.89. The second-order valence-corrected chi connectivity index (χ2v) is 10.9. The number of ether oxygens (including phenoxy) is 2. The van der Waals surface area contributed by atoms with Crippen molar-refractivity contribution in [2.24, 2.45) is 0 Å². The fourth-order valence-corrected chi connectivity index (χ4v) is 4.93. The van der Waals surface area contributed by atoms with Gasteiger partial charge >= 0.3 is 0 Å². The Kier molecular flexibility index (Phi) is 19.5. The zero-order valence-corrected chi connectivity index (χ0v) is 22.7. The molecule has 5 nitrogen and oxygen atoms in total. The number of hydrogen-bond donors (Lipinski definition) is 0. The van der Waals surface area contributed by atoms with Gasteiger partial charge in [-0.15, -0.1) is 0 Å². The van der Waals surface area contributed by atoms with E-state index in [1.165, 1.54) is 108 Å². The molecule has 1 unspecified atom stereocenters. The van der Waals surface area contributed by atoms with Crippen LogP contribution in [0.1, 0.15) is 110 Å². The Labute approximate surface area is 210 Å².